The average Bonchev–Trinajstić information content (AvgIpc) is 2.73. The minimum atomic E-state index is -0.154. The molecule has 1 aromatic carbocycles. The highest BCUT2D eigenvalue weighted by atomic mass is 16.5. The second kappa shape index (κ2) is 10.1. The predicted molar refractivity (Wildman–Crippen MR) is 113 cm³/mol. The van der Waals surface area contributed by atoms with Gasteiger partial charge in [-0.2, -0.15) is 0 Å². The summed E-state index contributed by atoms with van der Waals surface area (Å²) in [5.74, 6) is 1.54. The van der Waals surface area contributed by atoms with Gasteiger partial charge in [-0.25, -0.2) is 4.79 Å². The second-order valence-corrected chi connectivity index (χ2v) is 8.55. The molecule has 2 heteroatoms. The molecule has 1 aromatic rings. The van der Waals surface area contributed by atoms with Crippen LogP contribution in [0.1, 0.15) is 100 Å². The van der Waals surface area contributed by atoms with Crippen LogP contribution in [0.3, 0.4) is 0 Å². The van der Waals surface area contributed by atoms with Crippen molar-refractivity contribution in [3.05, 3.63) is 41.5 Å². The Labute approximate surface area is 165 Å². The van der Waals surface area contributed by atoms with E-state index in [9.17, 15) is 4.79 Å². The number of carbonyl (C=O) groups is 1. The maximum Gasteiger partial charge on any atom is 0.338 e. The number of rotatable bonds is 7. The fraction of sp³-hybridized carbons (Fsp3) is 0.640. The van der Waals surface area contributed by atoms with Gasteiger partial charge in [0, 0.05) is 0 Å². The highest BCUT2D eigenvalue weighted by Crippen LogP contribution is 2.33. The van der Waals surface area contributed by atoms with Crippen molar-refractivity contribution in [1.29, 1.82) is 0 Å². The molecule has 0 heterocycles. The van der Waals surface area contributed by atoms with Crippen molar-refractivity contribution < 1.29 is 9.53 Å². The summed E-state index contributed by atoms with van der Waals surface area (Å²) >= 11 is 0. The minimum Gasteiger partial charge on any atom is -0.459 e. The zero-order valence-electron chi connectivity index (χ0n) is 17.2. The van der Waals surface area contributed by atoms with Gasteiger partial charge in [0.15, 0.2) is 0 Å². The van der Waals surface area contributed by atoms with E-state index in [0.717, 1.165) is 24.7 Å². The van der Waals surface area contributed by atoms with Crippen LogP contribution in [-0.2, 0) is 4.74 Å². The van der Waals surface area contributed by atoms with Crippen LogP contribution in [0.2, 0.25) is 0 Å². The quantitative estimate of drug-likeness (QED) is 0.476. The zero-order valence-corrected chi connectivity index (χ0v) is 17.2. The van der Waals surface area contributed by atoms with E-state index < -0.39 is 0 Å². The van der Waals surface area contributed by atoms with Crippen LogP contribution < -0.4 is 0 Å². The molecule has 2 nitrogen and oxygen atoms in total. The largest absolute Gasteiger partial charge is 0.459 e. The molecule has 0 N–H and O–H groups in total. The number of allylic oxidation sites excluding steroid dienone is 2. The van der Waals surface area contributed by atoms with Crippen molar-refractivity contribution in [3.63, 3.8) is 0 Å². The Morgan fingerprint density at radius 1 is 1.00 bits per heavy atom. The van der Waals surface area contributed by atoms with Crippen LogP contribution in [0.15, 0.2) is 30.3 Å². The van der Waals surface area contributed by atoms with Gasteiger partial charge in [-0.1, -0.05) is 57.7 Å². The van der Waals surface area contributed by atoms with E-state index in [1.807, 2.05) is 12.1 Å². The third-order valence-electron chi connectivity index (χ3n) is 6.62. The summed E-state index contributed by atoms with van der Waals surface area (Å²) in [6.07, 6.45) is 15.9. The molecule has 0 spiro atoms. The van der Waals surface area contributed by atoms with Crippen LogP contribution in [0.5, 0.6) is 0 Å². The lowest BCUT2D eigenvalue weighted by molar-refractivity contribution is 0.0164. The number of esters is 1. The molecule has 0 aliphatic heterocycles. The number of carbonyl (C=O) groups excluding carboxylic acids is 1. The molecule has 3 rings (SSSR count). The number of unbranched alkanes of at least 4 members (excludes halogenated alkanes) is 1. The molecule has 0 bridgehead atoms. The summed E-state index contributed by atoms with van der Waals surface area (Å²) in [5.41, 5.74) is 3.40. The summed E-state index contributed by atoms with van der Waals surface area (Å²) in [6.45, 7) is 4.53. The summed E-state index contributed by atoms with van der Waals surface area (Å²) in [5, 5.41) is 0. The second-order valence-electron chi connectivity index (χ2n) is 8.55. The molecule has 0 radical (unpaired) electrons. The number of ether oxygens (including phenoxy) is 1. The summed E-state index contributed by atoms with van der Waals surface area (Å²) in [4.78, 5) is 12.5. The predicted octanol–water partition coefficient (Wildman–Crippen LogP) is 7.19. The Morgan fingerprint density at radius 3 is 2.33 bits per heavy atom. The van der Waals surface area contributed by atoms with Crippen LogP contribution in [-0.4, -0.2) is 12.1 Å². The lowest BCUT2D eigenvalue weighted by Crippen LogP contribution is -2.24. The van der Waals surface area contributed by atoms with Gasteiger partial charge in [-0.3, -0.25) is 0 Å². The molecule has 1 fully saturated rings. The van der Waals surface area contributed by atoms with Gasteiger partial charge >= 0.3 is 5.97 Å². The smallest absolute Gasteiger partial charge is 0.338 e. The van der Waals surface area contributed by atoms with Crippen molar-refractivity contribution in [2.45, 2.75) is 90.6 Å². The summed E-state index contributed by atoms with van der Waals surface area (Å²) in [6, 6.07) is 8.09. The molecule has 1 unspecified atom stereocenters. The monoisotopic (exact) mass is 368 g/mol. The first-order valence-electron chi connectivity index (χ1n) is 11.2. The highest BCUT2D eigenvalue weighted by molar-refractivity contribution is 5.90. The maximum atomic E-state index is 12.5. The Kier molecular flexibility index (Phi) is 7.55. The normalized spacial score (nSPS) is 25.7. The van der Waals surface area contributed by atoms with Gasteiger partial charge in [0.25, 0.3) is 0 Å². The third kappa shape index (κ3) is 5.70. The first kappa shape index (κ1) is 20.2. The average molecular weight is 369 g/mol. The molecule has 27 heavy (non-hydrogen) atoms. The first-order chi connectivity index (χ1) is 13.2. The van der Waals surface area contributed by atoms with Gasteiger partial charge in [0.1, 0.15) is 6.10 Å². The Morgan fingerprint density at radius 2 is 1.74 bits per heavy atom. The van der Waals surface area contributed by atoms with Crippen molar-refractivity contribution in [2.24, 2.45) is 11.8 Å². The van der Waals surface area contributed by atoms with Crippen molar-refractivity contribution in [1.82, 2.24) is 0 Å². The Hall–Kier alpha value is -1.57. The fourth-order valence-corrected chi connectivity index (χ4v) is 4.60. The topological polar surface area (TPSA) is 26.3 Å². The summed E-state index contributed by atoms with van der Waals surface area (Å²) < 4.78 is 5.75. The standard InChI is InChI=1S/C25H36O2/c1-3-5-6-20-7-11-21(12-8-20)22-13-15-23(16-14-22)25(26)27-24-17-9-19(4-2)10-18-24/h11,13-16,19-20,24H,3-10,12,17-18H2,1-2H3. The molecule has 1 saturated carbocycles. The Bertz CT molecular complexity index is 620. The number of benzene rings is 1. The molecule has 1 atom stereocenters. The van der Waals surface area contributed by atoms with E-state index in [4.69, 9.17) is 4.74 Å². The fourth-order valence-electron chi connectivity index (χ4n) is 4.60. The maximum absolute atomic E-state index is 12.5. The van der Waals surface area contributed by atoms with Crippen molar-refractivity contribution in [3.8, 4) is 0 Å². The van der Waals surface area contributed by atoms with Gasteiger partial charge in [-0.15, -0.1) is 0 Å². The van der Waals surface area contributed by atoms with Gasteiger partial charge in [0.05, 0.1) is 5.56 Å². The minimum absolute atomic E-state index is 0.112. The molecule has 0 amide bonds. The number of hydrogen-bond donors (Lipinski definition) is 0. The zero-order chi connectivity index (χ0) is 19.1. The van der Waals surface area contributed by atoms with Crippen LogP contribution in [0.25, 0.3) is 5.57 Å². The molecule has 2 aliphatic rings. The lowest BCUT2D eigenvalue weighted by atomic mass is 9.84. The van der Waals surface area contributed by atoms with E-state index in [0.29, 0.717) is 5.56 Å². The highest BCUT2D eigenvalue weighted by Gasteiger charge is 2.23. The van der Waals surface area contributed by atoms with E-state index in [2.05, 4.69) is 32.1 Å². The summed E-state index contributed by atoms with van der Waals surface area (Å²) in [7, 11) is 0. The third-order valence-corrected chi connectivity index (χ3v) is 6.62. The van der Waals surface area contributed by atoms with Crippen LogP contribution in [0, 0.1) is 11.8 Å². The van der Waals surface area contributed by atoms with E-state index in [1.165, 1.54) is 68.9 Å². The molecule has 0 aromatic heterocycles. The van der Waals surface area contributed by atoms with Crippen LogP contribution in [0.4, 0.5) is 0 Å². The SMILES string of the molecule is CCCCC1CC=C(c2ccc(C(=O)OC3CCC(CC)CC3)cc2)CC1. The molecule has 148 valence electrons. The van der Waals surface area contributed by atoms with Gasteiger partial charge in [-0.05, 0) is 80.1 Å². The molecular weight excluding hydrogens is 332 g/mol. The van der Waals surface area contributed by atoms with Crippen molar-refractivity contribution >= 4 is 11.5 Å². The van der Waals surface area contributed by atoms with E-state index in [1.54, 1.807) is 0 Å². The van der Waals surface area contributed by atoms with E-state index >= 15 is 0 Å². The van der Waals surface area contributed by atoms with Gasteiger partial charge in [0.2, 0.25) is 0 Å². The first-order valence-corrected chi connectivity index (χ1v) is 11.2. The Balaban J connectivity index is 1.51. The molecule has 0 saturated heterocycles. The van der Waals surface area contributed by atoms with Gasteiger partial charge < -0.3 is 4.74 Å². The lowest BCUT2D eigenvalue weighted by Gasteiger charge is -2.27. The van der Waals surface area contributed by atoms with Crippen molar-refractivity contribution in [2.75, 3.05) is 0 Å². The molecule has 2 aliphatic carbocycles. The molecular formula is C25H36O2. The number of hydrogen-bond acceptors (Lipinski definition) is 2. The van der Waals surface area contributed by atoms with E-state index in [-0.39, 0.29) is 12.1 Å². The van der Waals surface area contributed by atoms with Crippen LogP contribution >= 0.6 is 0 Å².